The smallest absolute Gasteiger partial charge is 0.326 e. The number of amides is 10. The molecule has 87 heavy (non-hydrogen) atoms. The number of primary amides is 1. The lowest BCUT2D eigenvalue weighted by atomic mass is 10.0. The zero-order valence-electron chi connectivity index (χ0n) is 48.6. The van der Waals surface area contributed by atoms with Crippen LogP contribution in [-0.4, -0.2) is 212 Å². The van der Waals surface area contributed by atoms with Crippen molar-refractivity contribution in [3.8, 4) is 5.75 Å². The number of nitrogens with zero attached hydrogens (tertiary/aromatic N) is 2. The van der Waals surface area contributed by atoms with Crippen molar-refractivity contribution < 1.29 is 88.2 Å². The lowest BCUT2D eigenvalue weighted by Gasteiger charge is -2.29. The number of aliphatic imine (C=N–C) groups is 2. The number of carbonyl (C=O) groups excluding carboxylic acids is 10. The molecule has 0 radical (unpaired) electrons. The molecule has 1 aromatic carbocycles. The molecule has 0 saturated heterocycles. The highest BCUT2D eigenvalue weighted by Crippen LogP contribution is 2.13. The Kier molecular flexibility index (Phi) is 34.6. The third kappa shape index (κ3) is 30.1. The molecule has 0 saturated carbocycles. The number of hydrogen-bond donors (Lipinski definition) is 22. The van der Waals surface area contributed by atoms with E-state index in [2.05, 4.69) is 57.8 Å². The number of aliphatic hydroxyl groups is 3. The number of phenols is 1. The number of aliphatic hydroxyl groups excluding tert-OH is 3. The highest BCUT2D eigenvalue weighted by atomic mass is 16.4. The maximum atomic E-state index is 14.0. The Morgan fingerprint density at radius 1 is 0.483 bits per heavy atom. The molecule has 0 fully saturated rings. The largest absolute Gasteiger partial charge is 0.508 e. The summed E-state index contributed by atoms with van der Waals surface area (Å²) in [6, 6.07) is -11.3. The van der Waals surface area contributed by atoms with Crippen molar-refractivity contribution in [3.63, 3.8) is 0 Å². The van der Waals surface area contributed by atoms with Crippen molar-refractivity contribution in [1.29, 1.82) is 0 Å². The minimum atomic E-state index is -1.96. The number of aliphatic carboxylic acids is 2. The first kappa shape index (κ1) is 76.0. The van der Waals surface area contributed by atoms with Gasteiger partial charge in [-0.1, -0.05) is 18.6 Å². The van der Waals surface area contributed by atoms with Gasteiger partial charge in [0.05, 0.1) is 24.9 Å². The summed E-state index contributed by atoms with van der Waals surface area (Å²) in [5.41, 5.74) is 38.6. The van der Waals surface area contributed by atoms with Gasteiger partial charge in [-0.15, -0.1) is 0 Å². The molecule has 0 spiro atoms. The van der Waals surface area contributed by atoms with Crippen molar-refractivity contribution in [2.24, 2.45) is 50.1 Å². The molecule has 0 aromatic heterocycles. The average Bonchev–Trinajstić information content (AvgIpc) is 3.37. The maximum absolute atomic E-state index is 14.0. The van der Waals surface area contributed by atoms with Crippen LogP contribution in [0.25, 0.3) is 0 Å². The Morgan fingerprint density at radius 2 is 0.897 bits per heavy atom. The number of rotatable bonds is 42. The second-order valence-corrected chi connectivity index (χ2v) is 20.2. The number of hydrogen-bond acceptors (Lipinski definition) is 20. The third-order valence-electron chi connectivity index (χ3n) is 12.7. The Hall–Kier alpha value is -9.00. The average molecular weight is 1240 g/mol. The first-order valence-electron chi connectivity index (χ1n) is 27.6. The molecule has 488 valence electrons. The molecule has 10 amide bonds. The lowest BCUT2D eigenvalue weighted by Crippen LogP contribution is -2.63. The van der Waals surface area contributed by atoms with Crippen LogP contribution in [0.3, 0.4) is 0 Å². The lowest BCUT2D eigenvalue weighted by molar-refractivity contribution is -0.143. The summed E-state index contributed by atoms with van der Waals surface area (Å²) in [5.74, 6) is -14.7. The minimum absolute atomic E-state index is 0.0101. The summed E-state index contributed by atoms with van der Waals surface area (Å²) in [6.45, 7) is 2.50. The van der Waals surface area contributed by atoms with Gasteiger partial charge < -0.3 is 119 Å². The van der Waals surface area contributed by atoms with Crippen LogP contribution in [0, 0.1) is 0 Å². The standard InChI is InChI=1S/C51H86N18O18/c1-24(40(77)66-34(22-27-11-13-28(73)14-12-27)45(82)67-35(23-70)46(83)63-32(16-18-37(75)76)43(80)65-33(49(86)87)10-7-21-60-51(57)58)61-42(79)31(15-17-36(54)74)64-47(84)38(25(2)71)69-48(85)39(26(3)72)68-44(81)30(9-6-20-59-50(55)56)62-41(78)29(53)8-4-5-19-52/h11-14,24-26,29-35,38-39,70-73H,4-10,15-23,52-53H2,1-3H3,(H2,54,74)(H,61,79)(H,62,78)(H,63,83)(H,64,84)(H,65,80)(H,66,77)(H,67,82)(H,68,81)(H,69,85)(H,75,76)(H,86,87)(H4,55,56,59)(H4,57,58,60)/t24-,25+,26+,29-,30-,31-,32-,33-,34-,35-,38-,39-/m0/s1. The van der Waals surface area contributed by atoms with Gasteiger partial charge in [-0.25, -0.2) is 4.79 Å². The molecule has 0 aliphatic carbocycles. The van der Waals surface area contributed by atoms with Gasteiger partial charge in [-0.05, 0) is 96.4 Å². The fourth-order valence-corrected chi connectivity index (χ4v) is 7.88. The molecule has 0 aliphatic rings. The maximum Gasteiger partial charge on any atom is 0.326 e. The van der Waals surface area contributed by atoms with Crippen LogP contribution in [0.1, 0.15) is 97.0 Å². The number of benzene rings is 1. The fraction of sp³-hybridized carbons (Fsp3) is 0.608. The molecule has 1 rings (SSSR count). The second kappa shape index (κ2) is 39.6. The van der Waals surface area contributed by atoms with E-state index in [-0.39, 0.29) is 62.9 Å². The van der Waals surface area contributed by atoms with Crippen molar-refractivity contribution in [2.75, 3.05) is 26.2 Å². The summed E-state index contributed by atoms with van der Waals surface area (Å²) in [5, 5.41) is 81.2. The third-order valence-corrected chi connectivity index (χ3v) is 12.7. The number of carbonyl (C=O) groups is 12. The molecule has 0 bridgehead atoms. The number of phenolic OH excluding ortho intramolecular Hbond substituents is 1. The SMILES string of the molecule is C[C@H](NC(=O)[C@H](CCC(N)=O)NC(=O)[C@@H](NC(=O)[C@@H](NC(=O)[C@H](CCCN=C(N)N)NC(=O)[C@@H](N)CCCCN)[C@@H](C)O)[C@@H](C)O)C(=O)N[C@@H](Cc1ccc(O)cc1)C(=O)N[C@@H](CO)C(=O)N[C@@H](CCC(=O)O)C(=O)N[C@@H](CCCN=C(N)N)C(=O)O. The van der Waals surface area contributed by atoms with Crippen LogP contribution in [0.15, 0.2) is 34.3 Å². The predicted molar refractivity (Wildman–Crippen MR) is 309 cm³/mol. The second-order valence-electron chi connectivity index (χ2n) is 20.2. The van der Waals surface area contributed by atoms with Gasteiger partial charge >= 0.3 is 11.9 Å². The molecule has 0 heterocycles. The van der Waals surface area contributed by atoms with Gasteiger partial charge in [0.1, 0.15) is 60.1 Å². The quantitative estimate of drug-likeness (QED) is 0.0164. The Labute approximate surface area is 500 Å². The highest BCUT2D eigenvalue weighted by molar-refractivity contribution is 5.99. The van der Waals surface area contributed by atoms with Gasteiger partial charge in [-0.2, -0.15) is 0 Å². The van der Waals surface area contributed by atoms with Crippen LogP contribution in [-0.2, 0) is 64.0 Å². The number of unbranched alkanes of at least 4 members (excludes halogenated alkanes) is 1. The first-order valence-corrected chi connectivity index (χ1v) is 27.6. The summed E-state index contributed by atoms with van der Waals surface area (Å²) in [4.78, 5) is 166. The number of guanidine groups is 2. The van der Waals surface area contributed by atoms with E-state index in [0.29, 0.717) is 24.9 Å². The van der Waals surface area contributed by atoms with Gasteiger partial charge in [0, 0.05) is 32.4 Å². The molecular weight excluding hydrogens is 1150 g/mol. The van der Waals surface area contributed by atoms with Crippen LogP contribution >= 0.6 is 0 Å². The van der Waals surface area contributed by atoms with Crippen molar-refractivity contribution in [1.82, 2.24) is 47.9 Å². The van der Waals surface area contributed by atoms with E-state index in [4.69, 9.17) is 40.1 Å². The van der Waals surface area contributed by atoms with Gasteiger partial charge in [-0.3, -0.25) is 62.7 Å². The number of carboxylic acids is 2. The normalized spacial score (nSPS) is 15.1. The van der Waals surface area contributed by atoms with E-state index in [1.54, 1.807) is 0 Å². The zero-order valence-corrected chi connectivity index (χ0v) is 48.6. The van der Waals surface area contributed by atoms with Crippen molar-refractivity contribution in [3.05, 3.63) is 29.8 Å². The van der Waals surface area contributed by atoms with Crippen LogP contribution in [0.2, 0.25) is 0 Å². The van der Waals surface area contributed by atoms with Gasteiger partial charge in [0.2, 0.25) is 59.1 Å². The molecule has 0 aliphatic heterocycles. The molecule has 0 unspecified atom stereocenters. The van der Waals surface area contributed by atoms with E-state index in [0.717, 1.165) is 20.8 Å². The summed E-state index contributed by atoms with van der Waals surface area (Å²) < 4.78 is 0. The molecule has 12 atom stereocenters. The van der Waals surface area contributed by atoms with Crippen molar-refractivity contribution >= 4 is 82.9 Å². The molecular formula is C51H86N18O18. The molecule has 1 aromatic rings. The summed E-state index contributed by atoms with van der Waals surface area (Å²) in [7, 11) is 0. The Bertz CT molecular complexity index is 2550. The molecule has 29 N–H and O–H groups in total. The highest BCUT2D eigenvalue weighted by Gasteiger charge is 2.37. The fourth-order valence-electron chi connectivity index (χ4n) is 7.88. The van der Waals surface area contributed by atoms with E-state index in [1.165, 1.54) is 24.3 Å². The zero-order chi connectivity index (χ0) is 66.1. The van der Waals surface area contributed by atoms with Crippen LogP contribution < -0.4 is 88.0 Å². The van der Waals surface area contributed by atoms with E-state index in [1.807, 2.05) is 0 Å². The predicted octanol–water partition coefficient (Wildman–Crippen LogP) is -9.15. The van der Waals surface area contributed by atoms with Crippen LogP contribution in [0.4, 0.5) is 0 Å². The number of nitrogens with one attached hydrogen (secondary N) is 9. The summed E-state index contributed by atoms with van der Waals surface area (Å²) in [6.07, 6.45) is -5.07. The van der Waals surface area contributed by atoms with Crippen molar-refractivity contribution in [2.45, 2.75) is 170 Å². The van der Waals surface area contributed by atoms with E-state index in [9.17, 15) is 88.2 Å². The Balaban J connectivity index is 3.44. The number of nitrogens with two attached hydrogens (primary N) is 7. The Morgan fingerprint density at radius 3 is 1.39 bits per heavy atom. The van der Waals surface area contributed by atoms with E-state index < -0.39 is 182 Å². The summed E-state index contributed by atoms with van der Waals surface area (Å²) >= 11 is 0. The monoisotopic (exact) mass is 1240 g/mol. The molecule has 36 nitrogen and oxygen atoms in total. The first-order chi connectivity index (χ1) is 40.8. The number of aromatic hydroxyl groups is 1. The topological polar surface area (TPSA) is 641 Å². The van der Waals surface area contributed by atoms with E-state index >= 15 is 0 Å². The minimum Gasteiger partial charge on any atom is -0.508 e. The van der Waals surface area contributed by atoms with Gasteiger partial charge in [0.15, 0.2) is 11.9 Å². The molecule has 36 heteroatoms. The van der Waals surface area contributed by atoms with Crippen LogP contribution in [0.5, 0.6) is 5.75 Å². The number of carboxylic acid groups (broad SMARTS) is 2. The van der Waals surface area contributed by atoms with Gasteiger partial charge in [0.25, 0.3) is 0 Å².